The molecule has 0 spiro atoms. The standard InChI is InChI=1S/C17H20N2O3S/c1-19(23(2,21)22)16(15-11-7-4-8-12-15)17(20)18-13-14-9-5-3-6-10-14/h3-12,16H,13H2,1-2H3,(H,18,20). The molecule has 0 aliphatic carbocycles. The highest BCUT2D eigenvalue weighted by atomic mass is 32.2. The average Bonchev–Trinajstić information content (AvgIpc) is 2.54. The maximum atomic E-state index is 12.6. The molecular formula is C17H20N2O3S. The van der Waals surface area contributed by atoms with Crippen LogP contribution in [0.25, 0.3) is 0 Å². The maximum absolute atomic E-state index is 12.6. The van der Waals surface area contributed by atoms with Gasteiger partial charge in [0.1, 0.15) is 6.04 Å². The predicted molar refractivity (Wildman–Crippen MR) is 90.1 cm³/mol. The van der Waals surface area contributed by atoms with Crippen molar-refractivity contribution >= 4 is 15.9 Å². The molecule has 5 nitrogen and oxygen atoms in total. The van der Waals surface area contributed by atoms with Crippen LogP contribution in [0.5, 0.6) is 0 Å². The molecule has 2 aromatic rings. The molecule has 0 saturated carbocycles. The highest BCUT2D eigenvalue weighted by molar-refractivity contribution is 7.88. The molecule has 0 aliphatic rings. The molecule has 1 atom stereocenters. The lowest BCUT2D eigenvalue weighted by Gasteiger charge is -2.25. The van der Waals surface area contributed by atoms with Crippen LogP contribution in [0.3, 0.4) is 0 Å². The molecular weight excluding hydrogens is 312 g/mol. The van der Waals surface area contributed by atoms with Crippen molar-refractivity contribution in [2.75, 3.05) is 13.3 Å². The Balaban J connectivity index is 2.21. The van der Waals surface area contributed by atoms with Crippen LogP contribution in [0.2, 0.25) is 0 Å². The van der Waals surface area contributed by atoms with Crippen molar-refractivity contribution in [1.82, 2.24) is 9.62 Å². The molecule has 0 radical (unpaired) electrons. The second-order valence-electron chi connectivity index (χ2n) is 5.30. The van der Waals surface area contributed by atoms with E-state index in [4.69, 9.17) is 0 Å². The van der Waals surface area contributed by atoms with Crippen molar-refractivity contribution in [3.63, 3.8) is 0 Å². The van der Waals surface area contributed by atoms with Gasteiger partial charge in [0.2, 0.25) is 15.9 Å². The number of hydrogen-bond donors (Lipinski definition) is 1. The van der Waals surface area contributed by atoms with E-state index in [9.17, 15) is 13.2 Å². The number of amides is 1. The van der Waals surface area contributed by atoms with Gasteiger partial charge in [0.25, 0.3) is 0 Å². The molecule has 1 amide bonds. The topological polar surface area (TPSA) is 66.5 Å². The number of nitrogens with zero attached hydrogens (tertiary/aromatic N) is 1. The number of rotatable bonds is 6. The van der Waals surface area contributed by atoms with Crippen molar-refractivity contribution in [3.8, 4) is 0 Å². The fraction of sp³-hybridized carbons (Fsp3) is 0.235. The van der Waals surface area contributed by atoms with Crippen molar-refractivity contribution in [1.29, 1.82) is 0 Å². The molecule has 122 valence electrons. The van der Waals surface area contributed by atoms with Gasteiger partial charge in [0.05, 0.1) is 6.26 Å². The first-order chi connectivity index (χ1) is 10.9. The van der Waals surface area contributed by atoms with E-state index >= 15 is 0 Å². The third-order valence-corrected chi connectivity index (χ3v) is 4.82. The van der Waals surface area contributed by atoms with E-state index in [1.807, 2.05) is 36.4 Å². The summed E-state index contributed by atoms with van der Waals surface area (Å²) in [7, 11) is -2.09. The number of likely N-dealkylation sites (N-methyl/N-ethyl adjacent to an activating group) is 1. The number of carbonyl (C=O) groups is 1. The van der Waals surface area contributed by atoms with Crippen LogP contribution in [0, 0.1) is 0 Å². The fourth-order valence-corrected chi connectivity index (χ4v) is 2.84. The summed E-state index contributed by atoms with van der Waals surface area (Å²) in [5.41, 5.74) is 1.58. The van der Waals surface area contributed by atoms with Gasteiger partial charge in [-0.15, -0.1) is 0 Å². The summed E-state index contributed by atoms with van der Waals surface area (Å²) in [5, 5.41) is 2.81. The quantitative estimate of drug-likeness (QED) is 0.879. The minimum Gasteiger partial charge on any atom is -0.350 e. The highest BCUT2D eigenvalue weighted by Crippen LogP contribution is 2.22. The Labute approximate surface area is 137 Å². The van der Waals surface area contributed by atoms with Gasteiger partial charge in [-0.3, -0.25) is 4.79 Å². The monoisotopic (exact) mass is 332 g/mol. The zero-order chi connectivity index (χ0) is 16.9. The predicted octanol–water partition coefficient (Wildman–Crippen LogP) is 1.94. The van der Waals surface area contributed by atoms with Crippen LogP contribution in [-0.4, -0.2) is 31.9 Å². The maximum Gasteiger partial charge on any atom is 0.243 e. The lowest BCUT2D eigenvalue weighted by Crippen LogP contribution is -2.41. The van der Waals surface area contributed by atoms with Crippen molar-refractivity contribution < 1.29 is 13.2 Å². The van der Waals surface area contributed by atoms with Crippen LogP contribution < -0.4 is 5.32 Å². The lowest BCUT2D eigenvalue weighted by atomic mass is 10.1. The number of nitrogens with one attached hydrogen (secondary N) is 1. The Bertz CT molecular complexity index is 746. The van der Waals surface area contributed by atoms with Gasteiger partial charge in [0, 0.05) is 13.6 Å². The van der Waals surface area contributed by atoms with Gasteiger partial charge in [-0.2, -0.15) is 4.31 Å². The number of sulfonamides is 1. The summed E-state index contributed by atoms with van der Waals surface area (Å²) < 4.78 is 24.8. The molecule has 23 heavy (non-hydrogen) atoms. The first kappa shape index (κ1) is 17.2. The Morgan fingerprint density at radius 1 is 1.04 bits per heavy atom. The minimum atomic E-state index is -3.51. The van der Waals surface area contributed by atoms with E-state index in [0.29, 0.717) is 12.1 Å². The number of benzene rings is 2. The smallest absolute Gasteiger partial charge is 0.243 e. The summed E-state index contributed by atoms with van der Waals surface area (Å²) in [6, 6.07) is 17.5. The Morgan fingerprint density at radius 3 is 2.09 bits per heavy atom. The summed E-state index contributed by atoms with van der Waals surface area (Å²) in [6.45, 7) is 0.348. The van der Waals surface area contributed by atoms with Gasteiger partial charge in [0.15, 0.2) is 0 Å². The van der Waals surface area contributed by atoms with Gasteiger partial charge < -0.3 is 5.32 Å². The highest BCUT2D eigenvalue weighted by Gasteiger charge is 2.30. The van der Waals surface area contributed by atoms with Crippen LogP contribution in [0.1, 0.15) is 17.2 Å². The normalized spacial score (nSPS) is 12.8. The van der Waals surface area contributed by atoms with E-state index < -0.39 is 16.1 Å². The SMILES string of the molecule is CN(C(C(=O)NCc1ccccc1)c1ccccc1)S(C)(=O)=O. The van der Waals surface area contributed by atoms with Gasteiger partial charge in [-0.05, 0) is 11.1 Å². The van der Waals surface area contributed by atoms with Crippen LogP contribution in [-0.2, 0) is 21.4 Å². The van der Waals surface area contributed by atoms with E-state index in [1.165, 1.54) is 7.05 Å². The third-order valence-electron chi connectivity index (χ3n) is 3.56. The Hall–Kier alpha value is -2.18. The molecule has 0 aromatic heterocycles. The molecule has 0 saturated heterocycles. The molecule has 1 unspecified atom stereocenters. The molecule has 0 fully saturated rings. The Morgan fingerprint density at radius 2 is 1.57 bits per heavy atom. The molecule has 0 bridgehead atoms. The van der Waals surface area contributed by atoms with Crippen LogP contribution in [0.4, 0.5) is 0 Å². The van der Waals surface area contributed by atoms with E-state index in [-0.39, 0.29) is 5.91 Å². The lowest BCUT2D eigenvalue weighted by molar-refractivity contribution is -0.124. The zero-order valence-electron chi connectivity index (χ0n) is 13.1. The molecule has 2 aromatic carbocycles. The van der Waals surface area contributed by atoms with Crippen LogP contribution >= 0.6 is 0 Å². The average molecular weight is 332 g/mol. The molecule has 0 aliphatic heterocycles. The first-order valence-corrected chi connectivity index (χ1v) is 9.04. The van der Waals surface area contributed by atoms with Gasteiger partial charge >= 0.3 is 0 Å². The fourth-order valence-electron chi connectivity index (χ4n) is 2.23. The number of hydrogen-bond acceptors (Lipinski definition) is 3. The van der Waals surface area contributed by atoms with Crippen molar-refractivity contribution in [3.05, 3.63) is 71.8 Å². The van der Waals surface area contributed by atoms with Crippen molar-refractivity contribution in [2.45, 2.75) is 12.6 Å². The summed E-state index contributed by atoms with van der Waals surface area (Å²) in [4.78, 5) is 12.6. The van der Waals surface area contributed by atoms with E-state index in [2.05, 4.69) is 5.32 Å². The minimum absolute atomic E-state index is 0.348. The number of carbonyl (C=O) groups excluding carboxylic acids is 1. The molecule has 0 heterocycles. The van der Waals surface area contributed by atoms with E-state index in [0.717, 1.165) is 16.1 Å². The molecule has 6 heteroatoms. The largest absolute Gasteiger partial charge is 0.350 e. The van der Waals surface area contributed by atoms with Gasteiger partial charge in [-0.1, -0.05) is 60.7 Å². The summed E-state index contributed by atoms with van der Waals surface area (Å²) >= 11 is 0. The second kappa shape index (κ2) is 7.39. The van der Waals surface area contributed by atoms with Gasteiger partial charge in [-0.25, -0.2) is 8.42 Å². The van der Waals surface area contributed by atoms with E-state index in [1.54, 1.807) is 24.3 Å². The zero-order valence-corrected chi connectivity index (χ0v) is 14.0. The summed E-state index contributed by atoms with van der Waals surface area (Å²) in [5.74, 6) is -0.354. The van der Waals surface area contributed by atoms with Crippen molar-refractivity contribution in [2.24, 2.45) is 0 Å². The van der Waals surface area contributed by atoms with Crippen LogP contribution in [0.15, 0.2) is 60.7 Å². The third kappa shape index (κ3) is 4.64. The summed E-state index contributed by atoms with van der Waals surface area (Å²) in [6.07, 6.45) is 1.09. The Kier molecular flexibility index (Phi) is 5.52. The molecule has 1 N–H and O–H groups in total. The second-order valence-corrected chi connectivity index (χ2v) is 7.34. The molecule has 2 rings (SSSR count). The first-order valence-electron chi connectivity index (χ1n) is 7.19.